The van der Waals surface area contributed by atoms with Crippen LogP contribution < -0.4 is 0 Å². The van der Waals surface area contributed by atoms with Crippen molar-refractivity contribution in [2.45, 2.75) is 99.8 Å². The van der Waals surface area contributed by atoms with Crippen molar-refractivity contribution < 1.29 is 9.84 Å². The van der Waals surface area contributed by atoms with Crippen LogP contribution >= 0.6 is 34.4 Å². The van der Waals surface area contributed by atoms with Crippen LogP contribution in [0, 0.1) is 17.3 Å². The summed E-state index contributed by atoms with van der Waals surface area (Å²) in [5, 5.41) is 12.5. The van der Waals surface area contributed by atoms with Gasteiger partial charge in [-0.05, 0) is 62.0 Å². The number of fused-ring (bicyclic) bond motifs is 3. The molecule has 1 fully saturated rings. The van der Waals surface area contributed by atoms with Gasteiger partial charge in [0, 0.05) is 18.1 Å². The van der Waals surface area contributed by atoms with Gasteiger partial charge in [-0.1, -0.05) is 98.5 Å². The first-order chi connectivity index (χ1) is 16.1. The van der Waals surface area contributed by atoms with Gasteiger partial charge in [0.1, 0.15) is 9.18 Å². The predicted molar refractivity (Wildman–Crippen MR) is 151 cm³/mol. The zero-order valence-corrected chi connectivity index (χ0v) is 24.3. The molecule has 188 valence electrons. The number of aromatic nitrogens is 2. The number of nitrogens with one attached hydrogen (secondary N) is 1. The molecule has 4 nitrogen and oxygen atoms in total. The molecule has 1 aliphatic heterocycles. The summed E-state index contributed by atoms with van der Waals surface area (Å²) in [5.74, 6) is 2.15. The van der Waals surface area contributed by atoms with E-state index in [1.54, 1.807) is 18.0 Å². The summed E-state index contributed by atoms with van der Waals surface area (Å²) in [4.78, 5) is 7.55. The number of allylic oxidation sites excluding steroid dienone is 3. The summed E-state index contributed by atoms with van der Waals surface area (Å²) in [5.41, 5.74) is 2.48. The Morgan fingerprint density at radius 2 is 2.06 bits per heavy atom. The molecule has 0 amide bonds. The lowest BCUT2D eigenvalue weighted by Crippen LogP contribution is -2.62. The van der Waals surface area contributed by atoms with Crippen molar-refractivity contribution in [2.24, 2.45) is 17.3 Å². The minimum absolute atomic E-state index is 0.0291. The maximum atomic E-state index is 11.6. The summed E-state index contributed by atoms with van der Waals surface area (Å²) < 4.78 is 6.39. The fourth-order valence-electron chi connectivity index (χ4n) is 6.01. The van der Waals surface area contributed by atoms with Crippen LogP contribution in [0.5, 0.6) is 0 Å². The van der Waals surface area contributed by atoms with Gasteiger partial charge >= 0.3 is 0 Å². The van der Waals surface area contributed by atoms with Crippen molar-refractivity contribution >= 4 is 34.4 Å². The second kappa shape index (κ2) is 10.3. The molecular weight excluding hydrogens is 555 g/mol. The van der Waals surface area contributed by atoms with Crippen molar-refractivity contribution in [3.8, 4) is 0 Å². The first-order valence-corrected chi connectivity index (χ1v) is 14.9. The number of ether oxygens (including phenoxy) is 1. The average Bonchev–Trinajstić information content (AvgIpc) is 3.31. The largest absolute Gasteiger partial charge is 0.511 e. The molecule has 3 aliphatic rings. The summed E-state index contributed by atoms with van der Waals surface area (Å²) in [6.07, 6.45) is 18.6. The monoisotopic (exact) mass is 596 g/mol. The molecule has 2 N–H and O–H groups in total. The molecule has 1 aromatic rings. The summed E-state index contributed by atoms with van der Waals surface area (Å²) in [6, 6.07) is 0. The van der Waals surface area contributed by atoms with E-state index in [9.17, 15) is 5.11 Å². The van der Waals surface area contributed by atoms with Crippen LogP contribution in [0.3, 0.4) is 0 Å². The van der Waals surface area contributed by atoms with E-state index in [0.29, 0.717) is 17.6 Å². The van der Waals surface area contributed by atoms with Crippen molar-refractivity contribution in [2.75, 3.05) is 5.75 Å². The Bertz CT molecular complexity index is 950. The molecule has 1 aromatic heterocycles. The van der Waals surface area contributed by atoms with E-state index in [2.05, 4.69) is 85.4 Å². The molecule has 0 bridgehead atoms. The van der Waals surface area contributed by atoms with E-state index >= 15 is 0 Å². The van der Waals surface area contributed by atoms with E-state index in [-0.39, 0.29) is 17.1 Å². The molecule has 1 saturated heterocycles. The summed E-state index contributed by atoms with van der Waals surface area (Å²) >= 11 is 4.29. The normalized spacial score (nSPS) is 30.6. The van der Waals surface area contributed by atoms with Crippen molar-refractivity contribution in [1.29, 1.82) is 0 Å². The molecule has 2 unspecified atom stereocenters. The highest BCUT2D eigenvalue weighted by Crippen LogP contribution is 2.59. The third-order valence-electron chi connectivity index (χ3n) is 8.23. The third kappa shape index (κ3) is 5.19. The van der Waals surface area contributed by atoms with Crippen LogP contribution in [-0.2, 0) is 4.74 Å². The Balaban J connectivity index is 1.56. The van der Waals surface area contributed by atoms with Gasteiger partial charge in [-0.2, -0.15) is 0 Å². The molecule has 0 radical (unpaired) electrons. The topological polar surface area (TPSA) is 58.1 Å². The molecule has 0 aromatic carbocycles. The molecule has 4 rings (SSSR count). The molecule has 4 atom stereocenters. The van der Waals surface area contributed by atoms with E-state index in [0.717, 1.165) is 30.2 Å². The number of rotatable bonds is 9. The van der Waals surface area contributed by atoms with Crippen LogP contribution in [0.15, 0.2) is 52.7 Å². The maximum absolute atomic E-state index is 11.6. The second-order valence-corrected chi connectivity index (χ2v) is 14.2. The summed E-state index contributed by atoms with van der Waals surface area (Å²) in [7, 11) is 0. The highest BCUT2D eigenvalue weighted by atomic mass is 127. The second-order valence-electron chi connectivity index (χ2n) is 11.5. The number of aliphatic hydroxyl groups is 1. The number of nitrogens with zero attached hydrogens (tertiary/aromatic N) is 1. The lowest BCUT2D eigenvalue weighted by Gasteiger charge is -2.57. The van der Waals surface area contributed by atoms with Gasteiger partial charge in [0.25, 0.3) is 0 Å². The Hall–Kier alpha value is -0.730. The highest BCUT2D eigenvalue weighted by Gasteiger charge is 2.60. The van der Waals surface area contributed by atoms with E-state index in [1.807, 2.05) is 6.20 Å². The zero-order valence-electron chi connectivity index (χ0n) is 21.4. The first kappa shape index (κ1) is 26.3. The average molecular weight is 597 g/mol. The Morgan fingerprint density at radius 3 is 2.76 bits per heavy atom. The number of hydrogen-bond acceptors (Lipinski definition) is 4. The quantitative estimate of drug-likeness (QED) is 0.0993. The van der Waals surface area contributed by atoms with Gasteiger partial charge in [-0.3, -0.25) is 0 Å². The Morgan fingerprint density at radius 1 is 1.26 bits per heavy atom. The predicted octanol–water partition coefficient (Wildman–Crippen LogP) is 8.18. The molecule has 2 heterocycles. The van der Waals surface area contributed by atoms with Crippen LogP contribution in [0.25, 0.3) is 0 Å². The molecule has 0 saturated carbocycles. The first-order valence-electron chi connectivity index (χ1n) is 12.9. The summed E-state index contributed by atoms with van der Waals surface area (Å²) in [6.45, 7) is 11.4. The number of unbranched alkanes of at least 4 members (excludes halogenated alkanes) is 3. The standard InChI is InChI=1S/C28H41IN2O2S/c1-6-7-8-9-12-26(2,3)20-16-23(32)28(29)22-15-19(18-34-25-30-13-14-31-25)10-11-21(22)27(4,5)33-24(28)17-20/h10,13-14,16-17,21-22,24,32H,6-9,11-12,15,18H2,1-5H3,(H,30,31)/t21-,22?,24?,28-/m0/s1. The minimum Gasteiger partial charge on any atom is -0.511 e. The van der Waals surface area contributed by atoms with E-state index in [4.69, 9.17) is 4.74 Å². The van der Waals surface area contributed by atoms with Crippen LogP contribution in [-0.4, -0.2) is 36.0 Å². The number of aliphatic hydroxyl groups excluding tert-OH is 1. The number of H-pyrrole nitrogens is 1. The van der Waals surface area contributed by atoms with Crippen LogP contribution in [0.2, 0.25) is 0 Å². The Kier molecular flexibility index (Phi) is 8.00. The number of halogens is 1. The fraction of sp³-hybridized carbons (Fsp3) is 0.679. The fourth-order valence-corrected chi connectivity index (χ4v) is 7.98. The molecule has 34 heavy (non-hydrogen) atoms. The SMILES string of the molecule is CCCCCCC(C)(C)C1=CC2OC(C)(C)[C@H]3CC=C(CSc4ncc[nH]4)CC3[C@]2(I)C(O)=C1. The Labute approximate surface area is 223 Å². The number of imidazole rings is 1. The van der Waals surface area contributed by atoms with E-state index in [1.165, 1.54) is 36.8 Å². The molecule has 6 heteroatoms. The van der Waals surface area contributed by atoms with Crippen molar-refractivity contribution in [3.05, 3.63) is 47.5 Å². The van der Waals surface area contributed by atoms with Crippen molar-refractivity contribution in [3.63, 3.8) is 0 Å². The van der Waals surface area contributed by atoms with Gasteiger partial charge < -0.3 is 14.8 Å². The third-order valence-corrected chi connectivity index (χ3v) is 11.2. The number of aromatic amines is 1. The molecule has 2 aliphatic carbocycles. The van der Waals surface area contributed by atoms with Crippen molar-refractivity contribution in [1.82, 2.24) is 9.97 Å². The molecular formula is C28H41IN2O2S. The van der Waals surface area contributed by atoms with Gasteiger partial charge in [0.15, 0.2) is 5.16 Å². The lowest BCUT2D eigenvalue weighted by atomic mass is 9.61. The van der Waals surface area contributed by atoms with Gasteiger partial charge in [0.2, 0.25) is 0 Å². The number of hydrogen-bond donors (Lipinski definition) is 2. The molecule has 0 spiro atoms. The van der Waals surface area contributed by atoms with Gasteiger partial charge in [-0.25, -0.2) is 4.98 Å². The maximum Gasteiger partial charge on any atom is 0.165 e. The minimum atomic E-state index is -0.422. The smallest absolute Gasteiger partial charge is 0.165 e. The van der Waals surface area contributed by atoms with Crippen LogP contribution in [0.4, 0.5) is 0 Å². The highest BCUT2D eigenvalue weighted by molar-refractivity contribution is 14.1. The van der Waals surface area contributed by atoms with Gasteiger partial charge in [0.05, 0.1) is 11.7 Å². The number of thioether (sulfide) groups is 1. The van der Waals surface area contributed by atoms with Gasteiger partial charge in [-0.15, -0.1) is 0 Å². The van der Waals surface area contributed by atoms with E-state index < -0.39 is 3.42 Å². The van der Waals surface area contributed by atoms with Crippen LogP contribution in [0.1, 0.15) is 79.6 Å². The lowest BCUT2D eigenvalue weighted by molar-refractivity contribution is -0.162. The zero-order chi connectivity index (χ0) is 24.6. The number of alkyl halides is 1.